The molecule has 3 rings (SSSR count). The Morgan fingerprint density at radius 3 is 1.47 bits per heavy atom. The molecule has 110 valence electrons. The van der Waals surface area contributed by atoms with Gasteiger partial charge in [-0.1, -0.05) is 0 Å². The van der Waals surface area contributed by atoms with Gasteiger partial charge in [-0.15, -0.1) is 0 Å². The van der Waals surface area contributed by atoms with Gasteiger partial charge in [-0.05, 0) is 66.2 Å². The van der Waals surface area contributed by atoms with E-state index in [-0.39, 0.29) is 23.4 Å². The van der Waals surface area contributed by atoms with E-state index in [9.17, 15) is 0 Å². The lowest BCUT2D eigenvalue weighted by atomic mass is 9.91. The third kappa shape index (κ3) is 2.45. The Kier molecular flexibility index (Phi) is 3.43. The van der Waals surface area contributed by atoms with E-state index >= 15 is 0 Å². The van der Waals surface area contributed by atoms with Crippen molar-refractivity contribution in [2.75, 3.05) is 0 Å². The van der Waals surface area contributed by atoms with Crippen LogP contribution in [0.4, 0.5) is 0 Å². The summed E-state index contributed by atoms with van der Waals surface area (Å²) in [7, 11) is 0. The van der Waals surface area contributed by atoms with Crippen LogP contribution in [0.25, 0.3) is 0 Å². The average molecular weight is 268 g/mol. The van der Waals surface area contributed by atoms with Gasteiger partial charge < -0.3 is 14.2 Å². The molecule has 0 aromatic heterocycles. The van der Waals surface area contributed by atoms with Gasteiger partial charge in [0.25, 0.3) is 0 Å². The van der Waals surface area contributed by atoms with Gasteiger partial charge in [0.1, 0.15) is 0 Å². The lowest BCUT2D eigenvalue weighted by Crippen LogP contribution is -2.43. The summed E-state index contributed by atoms with van der Waals surface area (Å²) in [6, 6.07) is 0. The molecule has 0 spiro atoms. The molecule has 19 heavy (non-hydrogen) atoms. The second-order valence-electron chi connectivity index (χ2n) is 7.25. The summed E-state index contributed by atoms with van der Waals surface area (Å²) in [5.74, 6) is 0. The molecule has 3 fully saturated rings. The van der Waals surface area contributed by atoms with E-state index in [1.807, 2.05) is 0 Å². The van der Waals surface area contributed by atoms with E-state index in [0.29, 0.717) is 12.2 Å². The third-order valence-corrected chi connectivity index (χ3v) is 5.42. The van der Waals surface area contributed by atoms with Gasteiger partial charge in [0.05, 0.1) is 35.6 Å². The molecule has 3 heteroatoms. The molecule has 0 aliphatic carbocycles. The second kappa shape index (κ2) is 4.71. The van der Waals surface area contributed by atoms with Crippen molar-refractivity contribution in [1.29, 1.82) is 0 Å². The third-order valence-electron chi connectivity index (χ3n) is 5.42. The first-order valence-corrected chi connectivity index (χ1v) is 7.92. The zero-order valence-corrected chi connectivity index (χ0v) is 12.8. The van der Waals surface area contributed by atoms with Crippen LogP contribution in [-0.4, -0.2) is 35.6 Å². The van der Waals surface area contributed by atoms with Crippen molar-refractivity contribution in [2.45, 2.75) is 102 Å². The standard InChI is InChI=1S/C16H28O3/c1-11-7-9-15(3,18-11)13-5-6-14(17-13)16(4)10-8-12(2)19-16/h11-14H,5-10H2,1-4H3/t11-,12+,13-,14+,15+,16-. The molecule has 0 unspecified atom stereocenters. The lowest BCUT2D eigenvalue weighted by Gasteiger charge is -2.35. The van der Waals surface area contributed by atoms with Crippen LogP contribution < -0.4 is 0 Å². The Balaban J connectivity index is 1.64. The van der Waals surface area contributed by atoms with Crippen LogP contribution in [0.2, 0.25) is 0 Å². The van der Waals surface area contributed by atoms with Crippen LogP contribution in [0.5, 0.6) is 0 Å². The van der Waals surface area contributed by atoms with Gasteiger partial charge in [-0.3, -0.25) is 0 Å². The largest absolute Gasteiger partial charge is 0.370 e. The average Bonchev–Trinajstić information content (AvgIpc) is 3.01. The van der Waals surface area contributed by atoms with Crippen molar-refractivity contribution in [3.63, 3.8) is 0 Å². The van der Waals surface area contributed by atoms with Gasteiger partial charge in [-0.2, -0.15) is 0 Å². The summed E-state index contributed by atoms with van der Waals surface area (Å²) in [6.07, 6.45) is 8.05. The molecule has 0 aromatic carbocycles. The Morgan fingerprint density at radius 2 is 1.16 bits per heavy atom. The Bertz CT molecular complexity index is 313. The van der Waals surface area contributed by atoms with Crippen LogP contribution in [0, 0.1) is 0 Å². The van der Waals surface area contributed by atoms with E-state index in [1.54, 1.807) is 0 Å². The summed E-state index contributed by atoms with van der Waals surface area (Å²) in [6.45, 7) is 8.79. The smallest absolute Gasteiger partial charge is 0.0919 e. The van der Waals surface area contributed by atoms with E-state index in [4.69, 9.17) is 14.2 Å². The molecule has 6 atom stereocenters. The fraction of sp³-hybridized carbons (Fsp3) is 1.00. The van der Waals surface area contributed by atoms with Crippen molar-refractivity contribution in [1.82, 2.24) is 0 Å². The highest BCUT2D eigenvalue weighted by Crippen LogP contribution is 2.45. The number of ether oxygens (including phenoxy) is 3. The number of rotatable bonds is 2. The molecule has 0 radical (unpaired) electrons. The summed E-state index contributed by atoms with van der Waals surface area (Å²) in [4.78, 5) is 0. The molecule has 3 saturated heterocycles. The second-order valence-corrected chi connectivity index (χ2v) is 7.25. The van der Waals surface area contributed by atoms with Gasteiger partial charge in [0.2, 0.25) is 0 Å². The monoisotopic (exact) mass is 268 g/mol. The van der Waals surface area contributed by atoms with Crippen molar-refractivity contribution >= 4 is 0 Å². The molecule has 0 amide bonds. The molecule has 3 aliphatic rings. The van der Waals surface area contributed by atoms with E-state index in [2.05, 4.69) is 27.7 Å². The first kappa shape index (κ1) is 13.8. The fourth-order valence-electron chi connectivity index (χ4n) is 4.14. The molecular weight excluding hydrogens is 240 g/mol. The number of hydrogen-bond donors (Lipinski definition) is 0. The molecular formula is C16H28O3. The van der Waals surface area contributed by atoms with Crippen molar-refractivity contribution < 1.29 is 14.2 Å². The van der Waals surface area contributed by atoms with E-state index in [1.165, 1.54) is 0 Å². The summed E-state index contributed by atoms with van der Waals surface area (Å²) >= 11 is 0. The van der Waals surface area contributed by atoms with E-state index < -0.39 is 0 Å². The van der Waals surface area contributed by atoms with Crippen LogP contribution in [0.1, 0.15) is 66.2 Å². The molecule has 0 bridgehead atoms. The minimum atomic E-state index is -0.0747. The predicted octanol–water partition coefficient (Wildman–Crippen LogP) is 3.45. The summed E-state index contributed by atoms with van der Waals surface area (Å²) in [5.41, 5.74) is -0.149. The Morgan fingerprint density at radius 1 is 0.737 bits per heavy atom. The first-order valence-electron chi connectivity index (χ1n) is 7.92. The SMILES string of the molecule is C[C@@H]1CC[C@@](C)([C@H]2CC[C@@H]([C@@]3(C)CC[C@H](C)O3)O2)O1. The van der Waals surface area contributed by atoms with Crippen molar-refractivity contribution in [3.05, 3.63) is 0 Å². The van der Waals surface area contributed by atoms with Crippen molar-refractivity contribution in [3.8, 4) is 0 Å². The fourth-order valence-corrected chi connectivity index (χ4v) is 4.14. The Labute approximate surface area is 117 Å². The molecule has 3 aliphatic heterocycles. The minimum Gasteiger partial charge on any atom is -0.370 e. The highest BCUT2D eigenvalue weighted by atomic mass is 16.6. The highest BCUT2D eigenvalue weighted by Gasteiger charge is 2.51. The van der Waals surface area contributed by atoms with Crippen LogP contribution in [0.15, 0.2) is 0 Å². The molecule has 3 heterocycles. The molecule has 0 saturated carbocycles. The predicted molar refractivity (Wildman–Crippen MR) is 74.3 cm³/mol. The maximum Gasteiger partial charge on any atom is 0.0919 e. The van der Waals surface area contributed by atoms with Crippen LogP contribution >= 0.6 is 0 Å². The zero-order chi connectivity index (χ0) is 13.7. The number of hydrogen-bond acceptors (Lipinski definition) is 3. The van der Waals surface area contributed by atoms with Gasteiger partial charge in [0, 0.05) is 0 Å². The summed E-state index contributed by atoms with van der Waals surface area (Å²) < 4.78 is 18.6. The van der Waals surface area contributed by atoms with Gasteiger partial charge >= 0.3 is 0 Å². The van der Waals surface area contributed by atoms with E-state index in [0.717, 1.165) is 38.5 Å². The zero-order valence-electron chi connectivity index (χ0n) is 12.8. The summed E-state index contributed by atoms with van der Waals surface area (Å²) in [5, 5.41) is 0. The first-order chi connectivity index (χ1) is 8.91. The Hall–Kier alpha value is -0.120. The minimum absolute atomic E-state index is 0.0747. The normalized spacial score (nSPS) is 54.9. The van der Waals surface area contributed by atoms with Gasteiger partial charge in [-0.25, -0.2) is 0 Å². The van der Waals surface area contributed by atoms with Crippen LogP contribution in [0.3, 0.4) is 0 Å². The topological polar surface area (TPSA) is 27.7 Å². The van der Waals surface area contributed by atoms with Crippen molar-refractivity contribution in [2.24, 2.45) is 0 Å². The van der Waals surface area contributed by atoms with Gasteiger partial charge in [0.15, 0.2) is 0 Å². The molecule has 3 nitrogen and oxygen atoms in total. The lowest BCUT2D eigenvalue weighted by molar-refractivity contribution is -0.165. The maximum atomic E-state index is 6.38. The quantitative estimate of drug-likeness (QED) is 0.767. The van der Waals surface area contributed by atoms with Crippen LogP contribution in [-0.2, 0) is 14.2 Å². The molecule has 0 N–H and O–H groups in total. The highest BCUT2D eigenvalue weighted by molar-refractivity contribution is 5.00. The maximum absolute atomic E-state index is 6.38. The molecule has 0 aromatic rings.